The number of rotatable bonds is 6. The van der Waals surface area contributed by atoms with Gasteiger partial charge in [0, 0.05) is 13.1 Å². The maximum atomic E-state index is 11.2. The van der Waals surface area contributed by atoms with Crippen molar-refractivity contribution in [1.29, 1.82) is 0 Å². The zero-order valence-corrected chi connectivity index (χ0v) is 11.0. The number of hydrazone groups is 1. The minimum atomic E-state index is -0.501. The first-order chi connectivity index (χ1) is 8.39. The third kappa shape index (κ3) is 9.32. The first-order valence-corrected chi connectivity index (χ1v) is 5.59. The Morgan fingerprint density at radius 1 is 1.44 bits per heavy atom. The molecule has 102 valence electrons. The number of carbonyl (C=O) groups is 2. The van der Waals surface area contributed by atoms with E-state index in [9.17, 15) is 9.59 Å². The molecule has 0 heterocycles. The first kappa shape index (κ1) is 16.1. The molecular formula is C11H20N4O3. The van der Waals surface area contributed by atoms with Crippen LogP contribution in [0.3, 0.4) is 0 Å². The monoisotopic (exact) mass is 256 g/mol. The van der Waals surface area contributed by atoms with Crippen molar-refractivity contribution in [3.05, 3.63) is 0 Å². The Morgan fingerprint density at radius 2 is 2.11 bits per heavy atom. The molecule has 0 aromatic rings. The molecular weight excluding hydrogens is 236 g/mol. The second-order valence-electron chi connectivity index (χ2n) is 4.49. The van der Waals surface area contributed by atoms with E-state index in [4.69, 9.17) is 10.6 Å². The molecule has 0 radical (unpaired) electrons. The predicted octanol–water partition coefficient (Wildman–Crippen LogP) is 0.486. The van der Waals surface area contributed by atoms with Gasteiger partial charge in [0.15, 0.2) is 6.29 Å². The van der Waals surface area contributed by atoms with Crippen LogP contribution in [0.5, 0.6) is 0 Å². The first-order valence-electron chi connectivity index (χ1n) is 5.59. The van der Waals surface area contributed by atoms with Crippen molar-refractivity contribution in [3.63, 3.8) is 0 Å². The number of amides is 1. The minimum Gasteiger partial charge on any atom is -0.444 e. The normalized spacial score (nSPS) is 12.5. The van der Waals surface area contributed by atoms with Gasteiger partial charge in [-0.1, -0.05) is 0 Å². The van der Waals surface area contributed by atoms with Gasteiger partial charge in [0.2, 0.25) is 0 Å². The predicted molar refractivity (Wildman–Crippen MR) is 69.9 cm³/mol. The van der Waals surface area contributed by atoms with Crippen LogP contribution >= 0.6 is 0 Å². The van der Waals surface area contributed by atoms with Crippen LogP contribution in [0.15, 0.2) is 10.1 Å². The van der Waals surface area contributed by atoms with Crippen molar-refractivity contribution in [3.8, 4) is 0 Å². The summed E-state index contributed by atoms with van der Waals surface area (Å²) in [6, 6.07) is 0. The highest BCUT2D eigenvalue weighted by molar-refractivity contribution is 6.54. The van der Waals surface area contributed by atoms with Crippen LogP contribution < -0.4 is 11.2 Å². The number of alkyl carbamates (subject to hydrolysis) is 1. The lowest BCUT2D eigenvalue weighted by Gasteiger charge is -2.19. The Bertz CT molecular complexity index is 332. The van der Waals surface area contributed by atoms with Gasteiger partial charge >= 0.3 is 6.09 Å². The average Bonchev–Trinajstić information content (AvgIpc) is 2.26. The number of aliphatic imine (C=N–C) groups is 1. The highest BCUT2D eigenvalue weighted by Gasteiger charge is 2.15. The number of hydrogen-bond acceptors (Lipinski definition) is 6. The van der Waals surface area contributed by atoms with Crippen molar-refractivity contribution in [2.45, 2.75) is 32.8 Å². The van der Waals surface area contributed by atoms with Gasteiger partial charge in [-0.05, 0) is 27.2 Å². The molecule has 0 aromatic carbocycles. The summed E-state index contributed by atoms with van der Waals surface area (Å²) in [5, 5.41) is 5.80. The van der Waals surface area contributed by atoms with Crippen molar-refractivity contribution in [1.82, 2.24) is 5.32 Å². The molecule has 0 bridgehead atoms. The number of aldehydes is 1. The van der Waals surface area contributed by atoms with E-state index in [0.717, 1.165) is 0 Å². The van der Waals surface area contributed by atoms with Crippen molar-refractivity contribution >= 4 is 24.3 Å². The Morgan fingerprint density at radius 3 is 2.61 bits per heavy atom. The highest BCUT2D eigenvalue weighted by Crippen LogP contribution is 2.06. The maximum absolute atomic E-state index is 11.2. The second kappa shape index (κ2) is 8.21. The SMILES string of the molecule is CC(C)(C)OC(=O)NCCCN=CC(C=O)=NN. The summed E-state index contributed by atoms with van der Waals surface area (Å²) < 4.78 is 5.05. The Balaban J connectivity index is 3.69. The van der Waals surface area contributed by atoms with Gasteiger partial charge in [-0.2, -0.15) is 5.10 Å². The van der Waals surface area contributed by atoms with Gasteiger partial charge in [0.05, 0.1) is 6.21 Å². The summed E-state index contributed by atoms with van der Waals surface area (Å²) in [7, 11) is 0. The standard InChI is InChI=1S/C11H20N4O3/c1-11(2,3)18-10(17)14-6-4-5-13-7-9(8-16)15-12/h7-8H,4-6,12H2,1-3H3,(H,14,17). The van der Waals surface area contributed by atoms with E-state index in [1.54, 1.807) is 20.8 Å². The molecule has 0 aliphatic heterocycles. The van der Waals surface area contributed by atoms with Crippen LogP contribution in [-0.4, -0.2) is 43.0 Å². The summed E-state index contributed by atoms with van der Waals surface area (Å²) >= 11 is 0. The molecule has 3 N–H and O–H groups in total. The zero-order chi connectivity index (χ0) is 14.0. The average molecular weight is 256 g/mol. The van der Waals surface area contributed by atoms with Crippen molar-refractivity contribution < 1.29 is 14.3 Å². The van der Waals surface area contributed by atoms with Crippen molar-refractivity contribution in [2.24, 2.45) is 15.9 Å². The van der Waals surface area contributed by atoms with Gasteiger partial charge < -0.3 is 15.9 Å². The summed E-state index contributed by atoms with van der Waals surface area (Å²) in [6.45, 7) is 6.29. The summed E-state index contributed by atoms with van der Waals surface area (Å²) in [5.41, 5.74) is -0.423. The van der Waals surface area contributed by atoms with E-state index in [1.165, 1.54) is 6.21 Å². The molecule has 0 aromatic heterocycles. The lowest BCUT2D eigenvalue weighted by Crippen LogP contribution is -2.33. The molecule has 0 fully saturated rings. The fraction of sp³-hybridized carbons (Fsp3) is 0.636. The molecule has 0 atom stereocenters. The quantitative estimate of drug-likeness (QED) is 0.237. The highest BCUT2D eigenvalue weighted by atomic mass is 16.6. The second-order valence-corrected chi connectivity index (χ2v) is 4.49. The van der Waals surface area contributed by atoms with Gasteiger partial charge in [-0.3, -0.25) is 9.79 Å². The minimum absolute atomic E-state index is 0.0788. The molecule has 1 amide bonds. The van der Waals surface area contributed by atoms with Gasteiger partial charge in [-0.25, -0.2) is 4.79 Å². The van der Waals surface area contributed by atoms with E-state index in [2.05, 4.69) is 15.4 Å². The molecule has 0 unspecified atom stereocenters. The molecule has 0 saturated heterocycles. The van der Waals surface area contributed by atoms with E-state index < -0.39 is 11.7 Å². The van der Waals surface area contributed by atoms with Crippen LogP contribution in [-0.2, 0) is 9.53 Å². The van der Waals surface area contributed by atoms with Crippen LogP contribution in [0, 0.1) is 0 Å². The fourth-order valence-electron chi connectivity index (χ4n) is 0.927. The topological polar surface area (TPSA) is 106 Å². The molecule has 7 nitrogen and oxygen atoms in total. The van der Waals surface area contributed by atoms with Gasteiger partial charge in [0.25, 0.3) is 0 Å². The molecule has 0 rings (SSSR count). The lowest BCUT2D eigenvalue weighted by molar-refractivity contribution is -0.102. The Labute approximate surface area is 106 Å². The van der Waals surface area contributed by atoms with E-state index in [1.807, 2.05) is 0 Å². The summed E-state index contributed by atoms with van der Waals surface area (Å²) in [5.74, 6) is 4.91. The summed E-state index contributed by atoms with van der Waals surface area (Å²) in [6.07, 6.45) is 1.98. The number of hydrogen-bond donors (Lipinski definition) is 2. The molecule has 0 aliphatic rings. The van der Waals surface area contributed by atoms with Crippen LogP contribution in [0.25, 0.3) is 0 Å². The number of nitrogens with one attached hydrogen (secondary N) is 1. The van der Waals surface area contributed by atoms with Crippen LogP contribution in [0.4, 0.5) is 4.79 Å². The van der Waals surface area contributed by atoms with Crippen molar-refractivity contribution in [2.75, 3.05) is 13.1 Å². The van der Waals surface area contributed by atoms with E-state index in [-0.39, 0.29) is 5.71 Å². The fourth-order valence-corrected chi connectivity index (χ4v) is 0.927. The number of carbonyl (C=O) groups excluding carboxylic acids is 2. The number of nitrogens with two attached hydrogens (primary N) is 1. The summed E-state index contributed by atoms with van der Waals surface area (Å²) in [4.78, 5) is 25.5. The van der Waals surface area contributed by atoms with Crippen LogP contribution in [0.2, 0.25) is 0 Å². The Hall–Kier alpha value is -1.92. The van der Waals surface area contributed by atoms with Gasteiger partial charge in [-0.15, -0.1) is 0 Å². The third-order valence-corrected chi connectivity index (χ3v) is 1.63. The molecule has 18 heavy (non-hydrogen) atoms. The molecule has 0 spiro atoms. The van der Waals surface area contributed by atoms with Crippen LogP contribution in [0.1, 0.15) is 27.2 Å². The smallest absolute Gasteiger partial charge is 0.407 e. The maximum Gasteiger partial charge on any atom is 0.407 e. The largest absolute Gasteiger partial charge is 0.444 e. The molecule has 0 aliphatic carbocycles. The molecule has 0 saturated carbocycles. The van der Waals surface area contributed by atoms with E-state index >= 15 is 0 Å². The number of nitrogens with zero attached hydrogens (tertiary/aromatic N) is 2. The van der Waals surface area contributed by atoms with Gasteiger partial charge in [0.1, 0.15) is 11.3 Å². The third-order valence-electron chi connectivity index (χ3n) is 1.63. The molecule has 7 heteroatoms. The number of ether oxygens (including phenoxy) is 1. The lowest BCUT2D eigenvalue weighted by atomic mass is 10.2. The zero-order valence-electron chi connectivity index (χ0n) is 11.0. The van der Waals surface area contributed by atoms with E-state index in [0.29, 0.717) is 25.8 Å². The Kier molecular flexibility index (Phi) is 7.34.